The standard InChI is InChI=1S/C25H25N7O2/c33-17-2-1-9-31(10-7-17)16-3-6-22(27-12-16)30-20-5-4-18(19-13-29-25(34)24(19)20)21-14-28-23-15-26-8-11-32(21)23/h3-6,8,11-12,14-15,17,33H,1-2,7,9-10,13H2,(H,27,30)(H,29,34). The van der Waals surface area contributed by atoms with Crippen molar-refractivity contribution in [3.63, 3.8) is 0 Å². The Morgan fingerprint density at radius 2 is 2.00 bits per heavy atom. The van der Waals surface area contributed by atoms with Gasteiger partial charge in [-0.15, -0.1) is 0 Å². The number of hydrogen-bond acceptors (Lipinski definition) is 7. The number of rotatable bonds is 4. The van der Waals surface area contributed by atoms with Crippen LogP contribution >= 0.6 is 0 Å². The van der Waals surface area contributed by atoms with Gasteiger partial charge in [0.15, 0.2) is 5.65 Å². The molecule has 6 rings (SSSR count). The van der Waals surface area contributed by atoms with Crippen molar-refractivity contribution in [2.75, 3.05) is 23.3 Å². The lowest BCUT2D eigenvalue weighted by atomic mass is 9.99. The maximum atomic E-state index is 12.8. The largest absolute Gasteiger partial charge is 0.393 e. The molecule has 0 radical (unpaired) electrons. The molecular weight excluding hydrogens is 430 g/mol. The fraction of sp³-hybridized carbons (Fsp3) is 0.280. The van der Waals surface area contributed by atoms with Crippen molar-refractivity contribution in [2.24, 2.45) is 0 Å². The van der Waals surface area contributed by atoms with Crippen LogP contribution in [0.5, 0.6) is 0 Å². The van der Waals surface area contributed by atoms with Gasteiger partial charge in [0.25, 0.3) is 5.91 Å². The highest BCUT2D eigenvalue weighted by Gasteiger charge is 2.27. The van der Waals surface area contributed by atoms with Gasteiger partial charge in [-0.2, -0.15) is 0 Å². The summed E-state index contributed by atoms with van der Waals surface area (Å²) < 4.78 is 1.97. The highest BCUT2D eigenvalue weighted by Crippen LogP contribution is 2.35. The molecule has 3 N–H and O–H groups in total. The molecular formula is C25H25N7O2. The molecule has 34 heavy (non-hydrogen) atoms. The van der Waals surface area contributed by atoms with E-state index in [4.69, 9.17) is 0 Å². The lowest BCUT2D eigenvalue weighted by molar-refractivity contribution is 0.0966. The van der Waals surface area contributed by atoms with Gasteiger partial charge in [-0.25, -0.2) is 9.97 Å². The number of nitrogens with zero attached hydrogens (tertiary/aromatic N) is 5. The highest BCUT2D eigenvalue weighted by atomic mass is 16.3. The summed E-state index contributed by atoms with van der Waals surface area (Å²) in [6.07, 6.45) is 11.3. The van der Waals surface area contributed by atoms with Crippen LogP contribution in [-0.2, 0) is 6.54 Å². The highest BCUT2D eigenvalue weighted by molar-refractivity contribution is 6.06. The van der Waals surface area contributed by atoms with Crippen LogP contribution in [0.25, 0.3) is 16.9 Å². The molecule has 172 valence electrons. The molecule has 1 amide bonds. The summed E-state index contributed by atoms with van der Waals surface area (Å²) >= 11 is 0. The van der Waals surface area contributed by atoms with Gasteiger partial charge in [0.2, 0.25) is 0 Å². The number of imidazole rings is 1. The molecule has 1 unspecified atom stereocenters. The van der Waals surface area contributed by atoms with Crippen molar-refractivity contribution in [3.8, 4) is 11.3 Å². The van der Waals surface area contributed by atoms with Gasteiger partial charge < -0.3 is 20.6 Å². The summed E-state index contributed by atoms with van der Waals surface area (Å²) in [4.78, 5) is 28.2. The number of aliphatic hydroxyl groups is 1. The van der Waals surface area contributed by atoms with Gasteiger partial charge in [0.1, 0.15) is 5.82 Å². The van der Waals surface area contributed by atoms with Crippen LogP contribution in [0.1, 0.15) is 35.2 Å². The lowest BCUT2D eigenvalue weighted by Gasteiger charge is -2.22. The second kappa shape index (κ2) is 8.42. The summed E-state index contributed by atoms with van der Waals surface area (Å²) in [5.41, 5.74) is 5.98. The van der Waals surface area contributed by atoms with Gasteiger partial charge in [0.05, 0.1) is 47.3 Å². The Hall–Kier alpha value is -3.98. The van der Waals surface area contributed by atoms with E-state index in [1.807, 2.05) is 47.3 Å². The lowest BCUT2D eigenvalue weighted by Crippen LogP contribution is -2.24. The molecule has 0 saturated carbocycles. The first-order valence-electron chi connectivity index (χ1n) is 11.5. The van der Waals surface area contributed by atoms with Crippen molar-refractivity contribution >= 4 is 28.7 Å². The van der Waals surface area contributed by atoms with E-state index in [1.54, 1.807) is 12.4 Å². The molecule has 3 aromatic heterocycles. The first-order chi connectivity index (χ1) is 16.7. The van der Waals surface area contributed by atoms with Crippen molar-refractivity contribution in [1.82, 2.24) is 24.7 Å². The van der Waals surface area contributed by atoms with E-state index in [2.05, 4.69) is 30.5 Å². The number of benzene rings is 1. The number of anilines is 3. The quantitative estimate of drug-likeness (QED) is 0.434. The van der Waals surface area contributed by atoms with Gasteiger partial charge in [-0.05, 0) is 43.0 Å². The van der Waals surface area contributed by atoms with Gasteiger partial charge in [0, 0.05) is 37.6 Å². The van der Waals surface area contributed by atoms with Crippen molar-refractivity contribution < 1.29 is 9.90 Å². The van der Waals surface area contributed by atoms with Crippen molar-refractivity contribution in [3.05, 3.63) is 66.4 Å². The van der Waals surface area contributed by atoms with Crippen LogP contribution in [0.4, 0.5) is 17.2 Å². The van der Waals surface area contributed by atoms with E-state index in [9.17, 15) is 9.90 Å². The smallest absolute Gasteiger partial charge is 0.254 e. The van der Waals surface area contributed by atoms with E-state index in [-0.39, 0.29) is 12.0 Å². The Morgan fingerprint density at radius 3 is 2.88 bits per heavy atom. The second-order valence-corrected chi connectivity index (χ2v) is 8.74. The Labute approximate surface area is 196 Å². The molecule has 1 fully saturated rings. The first kappa shape index (κ1) is 20.6. The molecule has 4 aromatic rings. The molecule has 1 saturated heterocycles. The van der Waals surface area contributed by atoms with Crippen LogP contribution in [0, 0.1) is 0 Å². The summed E-state index contributed by atoms with van der Waals surface area (Å²) in [5, 5.41) is 16.2. The SMILES string of the molecule is O=C1NCc2c(-c3cnc4cnccn34)ccc(Nc3ccc(N4CCCC(O)CC4)cn3)c21. The predicted molar refractivity (Wildman–Crippen MR) is 129 cm³/mol. The van der Waals surface area contributed by atoms with Gasteiger partial charge in [-0.1, -0.05) is 6.07 Å². The number of pyridine rings is 1. The Bertz CT molecular complexity index is 1370. The van der Waals surface area contributed by atoms with Crippen LogP contribution in [-0.4, -0.2) is 49.6 Å². The molecule has 5 heterocycles. The summed E-state index contributed by atoms with van der Waals surface area (Å²) in [7, 11) is 0. The summed E-state index contributed by atoms with van der Waals surface area (Å²) in [6, 6.07) is 7.91. The predicted octanol–water partition coefficient (Wildman–Crippen LogP) is 3.13. The third-order valence-electron chi connectivity index (χ3n) is 6.63. The molecule has 0 bridgehead atoms. The monoisotopic (exact) mass is 455 g/mol. The zero-order chi connectivity index (χ0) is 23.1. The van der Waals surface area contributed by atoms with E-state index in [1.165, 1.54) is 0 Å². The molecule has 9 nitrogen and oxygen atoms in total. The van der Waals surface area contributed by atoms with E-state index in [0.29, 0.717) is 17.9 Å². The first-order valence-corrected chi connectivity index (χ1v) is 11.5. The number of carbonyl (C=O) groups is 1. The summed E-state index contributed by atoms with van der Waals surface area (Å²) in [6.45, 7) is 2.20. The normalized spacial score (nSPS) is 18.0. The number of hydrogen-bond donors (Lipinski definition) is 3. The fourth-order valence-corrected chi connectivity index (χ4v) is 4.86. The average Bonchev–Trinajstić information content (AvgIpc) is 3.39. The molecule has 1 aromatic carbocycles. The van der Waals surface area contributed by atoms with Gasteiger partial charge in [-0.3, -0.25) is 14.2 Å². The second-order valence-electron chi connectivity index (χ2n) is 8.74. The van der Waals surface area contributed by atoms with Crippen LogP contribution < -0.4 is 15.5 Å². The minimum Gasteiger partial charge on any atom is -0.393 e. The topological polar surface area (TPSA) is 108 Å². The van der Waals surface area contributed by atoms with E-state index < -0.39 is 0 Å². The fourth-order valence-electron chi connectivity index (χ4n) is 4.86. The third-order valence-corrected chi connectivity index (χ3v) is 6.63. The van der Waals surface area contributed by atoms with Gasteiger partial charge >= 0.3 is 0 Å². The summed E-state index contributed by atoms with van der Waals surface area (Å²) in [5.74, 6) is 0.573. The molecule has 9 heteroatoms. The minimum absolute atomic E-state index is 0.102. The maximum absolute atomic E-state index is 12.8. The molecule has 1 atom stereocenters. The Morgan fingerprint density at radius 1 is 1.06 bits per heavy atom. The molecule has 2 aliphatic rings. The number of amides is 1. The third kappa shape index (κ3) is 3.63. The van der Waals surface area contributed by atoms with Crippen molar-refractivity contribution in [1.29, 1.82) is 0 Å². The van der Waals surface area contributed by atoms with E-state index in [0.717, 1.165) is 66.2 Å². The Balaban J connectivity index is 1.29. The molecule has 0 aliphatic carbocycles. The maximum Gasteiger partial charge on any atom is 0.254 e. The minimum atomic E-state index is -0.215. The van der Waals surface area contributed by atoms with Crippen LogP contribution in [0.2, 0.25) is 0 Å². The number of aromatic nitrogens is 4. The Kier molecular flexibility index (Phi) is 5.10. The zero-order valence-corrected chi connectivity index (χ0v) is 18.6. The number of fused-ring (bicyclic) bond motifs is 2. The average molecular weight is 456 g/mol. The number of carbonyl (C=O) groups excluding carboxylic acids is 1. The molecule has 2 aliphatic heterocycles. The van der Waals surface area contributed by atoms with Crippen LogP contribution in [0.15, 0.2) is 55.2 Å². The number of nitrogens with one attached hydrogen (secondary N) is 2. The molecule has 0 spiro atoms. The van der Waals surface area contributed by atoms with Crippen LogP contribution in [0.3, 0.4) is 0 Å². The van der Waals surface area contributed by atoms with Crippen molar-refractivity contribution in [2.45, 2.75) is 31.9 Å². The van der Waals surface area contributed by atoms with E-state index >= 15 is 0 Å². The zero-order valence-electron chi connectivity index (χ0n) is 18.6. The number of aliphatic hydroxyl groups excluding tert-OH is 1.